The van der Waals surface area contributed by atoms with Gasteiger partial charge in [-0.25, -0.2) is 19.3 Å². The van der Waals surface area contributed by atoms with Crippen molar-refractivity contribution in [1.29, 1.82) is 0 Å². The van der Waals surface area contributed by atoms with E-state index in [-0.39, 0.29) is 23.1 Å². The van der Waals surface area contributed by atoms with Gasteiger partial charge in [0.2, 0.25) is 5.60 Å². The number of tetrazole rings is 1. The summed E-state index contributed by atoms with van der Waals surface area (Å²) in [5, 5.41) is 23.2. The van der Waals surface area contributed by atoms with Gasteiger partial charge in [0, 0.05) is 45.8 Å². The third-order valence-electron chi connectivity index (χ3n) is 8.78. The normalized spacial score (nSPS) is 16.8. The summed E-state index contributed by atoms with van der Waals surface area (Å²) in [6.45, 7) is 13.4. The third-order valence-corrected chi connectivity index (χ3v) is 12.0. The number of anilines is 1. The highest BCUT2D eigenvalue weighted by molar-refractivity contribution is 8.01. The van der Waals surface area contributed by atoms with Crippen LogP contribution in [0.3, 0.4) is 0 Å². The van der Waals surface area contributed by atoms with Crippen LogP contribution in [0.15, 0.2) is 63.7 Å². The molecule has 62 heavy (non-hydrogen) atoms. The Bertz CT molecular complexity index is 2370. The van der Waals surface area contributed by atoms with Crippen LogP contribution in [0.5, 0.6) is 11.5 Å². The molecule has 3 amide bonds. The van der Waals surface area contributed by atoms with Crippen LogP contribution in [-0.4, -0.2) is 119 Å². The van der Waals surface area contributed by atoms with E-state index in [4.69, 9.17) is 23.8 Å². The van der Waals surface area contributed by atoms with Crippen molar-refractivity contribution in [2.75, 3.05) is 31.0 Å². The van der Waals surface area contributed by atoms with E-state index in [0.29, 0.717) is 34.5 Å². The van der Waals surface area contributed by atoms with E-state index < -0.39 is 52.1 Å². The minimum absolute atomic E-state index is 0.00242. The van der Waals surface area contributed by atoms with Gasteiger partial charge in [-0.3, -0.25) is 24.8 Å². The average molecular weight is 909 g/mol. The zero-order valence-corrected chi connectivity index (χ0v) is 38.3. The number of nitrogens with one attached hydrogen (secondary N) is 2. The quantitative estimate of drug-likeness (QED) is 0.0502. The van der Waals surface area contributed by atoms with Gasteiger partial charge in [-0.1, -0.05) is 5.16 Å². The van der Waals surface area contributed by atoms with E-state index in [9.17, 15) is 19.2 Å². The Labute approximate surface area is 370 Å². The lowest BCUT2D eigenvalue weighted by molar-refractivity contribution is -0.179. The second-order valence-electron chi connectivity index (χ2n) is 16.3. The number of rotatable bonds is 15. The SMILES string of the molecule is COc1ccc(Cn2nnnc2C2=C(CSc3ccncc3)CS[C@@H]3[C@H](NC(=O)/C(=N\OC(C)(C)C(=O)OC(C)(C)C)c4csc(NC(=O)OC(C)(C)C)n4)C(=O)N23)c(OC)c1. The van der Waals surface area contributed by atoms with Crippen LogP contribution in [0, 0.1) is 0 Å². The van der Waals surface area contributed by atoms with Gasteiger partial charge in [0.15, 0.2) is 16.7 Å². The van der Waals surface area contributed by atoms with Crippen molar-refractivity contribution in [3.8, 4) is 11.5 Å². The van der Waals surface area contributed by atoms with Gasteiger partial charge in [0.25, 0.3) is 11.8 Å². The van der Waals surface area contributed by atoms with Crippen LogP contribution < -0.4 is 20.1 Å². The first-order valence-corrected chi connectivity index (χ1v) is 22.1. The molecular formula is C40H48N10O9S3. The predicted molar refractivity (Wildman–Crippen MR) is 233 cm³/mol. The summed E-state index contributed by atoms with van der Waals surface area (Å²) >= 11 is 4.05. The van der Waals surface area contributed by atoms with Crippen LogP contribution in [0.1, 0.15) is 72.5 Å². The number of fused-ring (bicyclic) bond motifs is 1. The van der Waals surface area contributed by atoms with E-state index in [1.165, 1.54) is 31.0 Å². The van der Waals surface area contributed by atoms with E-state index in [1.807, 2.05) is 24.3 Å². The molecule has 5 heterocycles. The number of ether oxygens (including phenoxy) is 4. The monoisotopic (exact) mass is 908 g/mol. The molecule has 6 rings (SSSR count). The highest BCUT2D eigenvalue weighted by Crippen LogP contribution is 2.45. The van der Waals surface area contributed by atoms with Crippen molar-refractivity contribution >= 4 is 75.3 Å². The Balaban J connectivity index is 1.29. The molecule has 2 aliphatic heterocycles. The number of β-lactam (4-membered cyclic amide) rings is 1. The second kappa shape index (κ2) is 18.7. The molecule has 0 aliphatic carbocycles. The molecule has 2 N–H and O–H groups in total. The van der Waals surface area contributed by atoms with E-state index in [2.05, 4.69) is 41.3 Å². The Morgan fingerprint density at radius 1 is 0.984 bits per heavy atom. The molecule has 22 heteroatoms. The summed E-state index contributed by atoms with van der Waals surface area (Å²) in [4.78, 5) is 71.0. The lowest BCUT2D eigenvalue weighted by Crippen LogP contribution is -2.70. The van der Waals surface area contributed by atoms with Crippen molar-refractivity contribution in [2.45, 2.75) is 95.0 Å². The molecule has 4 aromatic rings. The fraction of sp³-hybridized carbons (Fsp3) is 0.450. The van der Waals surface area contributed by atoms with Crippen LogP contribution in [0.4, 0.5) is 9.93 Å². The highest BCUT2D eigenvalue weighted by atomic mass is 32.2. The minimum Gasteiger partial charge on any atom is -0.497 e. The predicted octanol–water partition coefficient (Wildman–Crippen LogP) is 5.38. The number of methoxy groups -OCH3 is 2. The first-order valence-electron chi connectivity index (χ1n) is 19.2. The van der Waals surface area contributed by atoms with Gasteiger partial charge >= 0.3 is 12.1 Å². The van der Waals surface area contributed by atoms with E-state index in [0.717, 1.165) is 27.4 Å². The molecule has 1 aromatic carbocycles. The maximum atomic E-state index is 14.4. The third kappa shape index (κ3) is 11.0. The van der Waals surface area contributed by atoms with Gasteiger partial charge in [0.1, 0.15) is 39.8 Å². The number of benzene rings is 1. The molecule has 0 radical (unpaired) electrons. The van der Waals surface area contributed by atoms with Gasteiger partial charge in [0.05, 0.1) is 26.5 Å². The number of nitrogens with zero attached hydrogens (tertiary/aromatic N) is 8. The fourth-order valence-corrected chi connectivity index (χ4v) is 8.93. The summed E-state index contributed by atoms with van der Waals surface area (Å²) in [5.74, 6) is 0.545. The van der Waals surface area contributed by atoms with Gasteiger partial charge < -0.3 is 29.1 Å². The second-order valence-corrected chi connectivity index (χ2v) is 19.3. The maximum Gasteiger partial charge on any atom is 0.413 e. The number of thiazole rings is 1. The minimum atomic E-state index is -1.64. The molecule has 1 saturated heterocycles. The molecular weight excluding hydrogens is 861 g/mol. The Kier molecular flexibility index (Phi) is 13.8. The lowest BCUT2D eigenvalue weighted by atomic mass is 10.0. The molecule has 0 unspecified atom stereocenters. The number of hydrogen-bond acceptors (Lipinski definition) is 18. The van der Waals surface area contributed by atoms with Crippen molar-refractivity contribution in [3.05, 3.63) is 70.8 Å². The summed E-state index contributed by atoms with van der Waals surface area (Å²) < 4.78 is 23.5. The summed E-state index contributed by atoms with van der Waals surface area (Å²) in [6, 6.07) is 8.21. The molecule has 3 aromatic heterocycles. The van der Waals surface area contributed by atoms with Crippen LogP contribution in [0.25, 0.3) is 5.70 Å². The number of amides is 3. The van der Waals surface area contributed by atoms with Crippen molar-refractivity contribution < 1.29 is 43.0 Å². The number of pyridine rings is 1. The zero-order chi connectivity index (χ0) is 45.0. The van der Waals surface area contributed by atoms with Crippen LogP contribution in [0.2, 0.25) is 0 Å². The highest BCUT2D eigenvalue weighted by Gasteiger charge is 2.54. The number of carbonyl (C=O) groups excluding carboxylic acids is 4. The van der Waals surface area contributed by atoms with E-state index >= 15 is 0 Å². The molecule has 0 saturated carbocycles. The molecule has 19 nitrogen and oxygen atoms in total. The molecule has 1 fully saturated rings. The standard InChI is InChI=1S/C40H48N10O9S3/c1-38(2,3)57-35(53)40(7,8)59-46-28(26-21-62-36(42-26)44-37(54)58-39(4,5)6)32(51)43-29-33(52)50-30(23(20-61-34(29)50)19-60-25-13-15-41-16-14-25)31-45-47-48-49(31)18-22-11-12-24(55-9)17-27(22)56-10/h11-17,21,29,34H,18-20H2,1-10H3,(H,43,51)(H,42,44,54)/b46-28-/t29-,34-/m1/s1. The smallest absolute Gasteiger partial charge is 0.413 e. The van der Waals surface area contributed by atoms with E-state index in [1.54, 1.807) is 95.6 Å². The summed E-state index contributed by atoms with van der Waals surface area (Å²) in [5.41, 5.74) is -1.40. The summed E-state index contributed by atoms with van der Waals surface area (Å²) in [7, 11) is 3.13. The number of esters is 1. The number of oxime groups is 1. The van der Waals surface area contributed by atoms with Gasteiger partial charge in [-0.15, -0.1) is 40.0 Å². The lowest BCUT2D eigenvalue weighted by Gasteiger charge is -2.50. The first kappa shape index (κ1) is 45.8. The first-order chi connectivity index (χ1) is 29.3. The summed E-state index contributed by atoms with van der Waals surface area (Å²) in [6.07, 6.45) is 2.67. The number of hydrogen-bond donors (Lipinski definition) is 2. The maximum absolute atomic E-state index is 14.4. The fourth-order valence-electron chi connectivity index (χ4n) is 5.88. The number of carbonyl (C=O) groups is 4. The topological polar surface area (TPSA) is 223 Å². The zero-order valence-electron chi connectivity index (χ0n) is 35.9. The Morgan fingerprint density at radius 2 is 1.71 bits per heavy atom. The average Bonchev–Trinajstić information content (AvgIpc) is 3.87. The largest absolute Gasteiger partial charge is 0.497 e. The van der Waals surface area contributed by atoms with Crippen LogP contribution in [-0.2, 0) is 35.2 Å². The number of aromatic nitrogens is 6. The molecule has 2 aliphatic rings. The number of thioether (sulfide) groups is 2. The van der Waals surface area contributed by atoms with Gasteiger partial charge in [-0.05, 0) is 95.7 Å². The van der Waals surface area contributed by atoms with Crippen molar-refractivity contribution in [2.24, 2.45) is 5.16 Å². The Hall–Kier alpha value is -5.74. The molecule has 0 spiro atoms. The van der Waals surface area contributed by atoms with Crippen molar-refractivity contribution in [1.82, 2.24) is 40.4 Å². The van der Waals surface area contributed by atoms with Crippen LogP contribution >= 0.6 is 34.9 Å². The van der Waals surface area contributed by atoms with Gasteiger partial charge in [-0.2, -0.15) is 0 Å². The Morgan fingerprint density at radius 3 is 2.39 bits per heavy atom. The molecule has 0 bridgehead atoms. The van der Waals surface area contributed by atoms with Crippen molar-refractivity contribution in [3.63, 3.8) is 0 Å². The molecule has 330 valence electrons. The molecule has 2 atom stereocenters.